The van der Waals surface area contributed by atoms with Crippen molar-refractivity contribution < 1.29 is 33.0 Å². The monoisotopic (exact) mass is 448 g/mol. The van der Waals surface area contributed by atoms with Crippen LogP contribution in [0.25, 0.3) is 16.7 Å². The number of pyridine rings is 1. The van der Waals surface area contributed by atoms with Gasteiger partial charge in [0, 0.05) is 6.20 Å². The Labute approximate surface area is 188 Å². The van der Waals surface area contributed by atoms with Gasteiger partial charge in [0.15, 0.2) is 5.58 Å². The highest BCUT2D eigenvalue weighted by Crippen LogP contribution is 2.31. The van der Waals surface area contributed by atoms with E-state index in [0.29, 0.717) is 17.6 Å². The number of carbonyl (C=O) groups excluding carboxylic acids is 3. The highest BCUT2D eigenvalue weighted by Gasteiger charge is 2.26. The largest absolute Gasteiger partial charge is 0.462 e. The van der Waals surface area contributed by atoms with E-state index in [-0.39, 0.29) is 23.7 Å². The highest BCUT2D eigenvalue weighted by atomic mass is 16.6. The summed E-state index contributed by atoms with van der Waals surface area (Å²) in [5, 5.41) is 2.45. The number of amides is 1. The predicted molar refractivity (Wildman–Crippen MR) is 121 cm³/mol. The van der Waals surface area contributed by atoms with Crippen LogP contribution in [-0.2, 0) is 19.0 Å². The first-order valence-corrected chi connectivity index (χ1v) is 10.1. The molecule has 32 heavy (non-hydrogen) atoms. The van der Waals surface area contributed by atoms with Crippen molar-refractivity contribution in [1.82, 2.24) is 4.98 Å². The average molecular weight is 449 g/mol. The van der Waals surface area contributed by atoms with Gasteiger partial charge >= 0.3 is 12.1 Å². The van der Waals surface area contributed by atoms with Gasteiger partial charge in [0.1, 0.15) is 22.3 Å². The molecule has 0 aliphatic rings. The number of carbonyl (C=O) groups is 3. The lowest BCUT2D eigenvalue weighted by atomic mass is 10.1. The van der Waals surface area contributed by atoms with E-state index in [4.69, 9.17) is 13.9 Å². The lowest BCUT2D eigenvalue weighted by Crippen LogP contribution is -2.27. The summed E-state index contributed by atoms with van der Waals surface area (Å²) in [5.74, 6) is -0.697. The number of furan rings is 1. The molecular formula is C23H32N2O7. The Balaban J connectivity index is 0.000000633. The van der Waals surface area contributed by atoms with Crippen LogP contribution in [0.1, 0.15) is 71.3 Å². The van der Waals surface area contributed by atoms with Crippen molar-refractivity contribution >= 4 is 41.1 Å². The molecular weight excluding hydrogens is 416 g/mol. The summed E-state index contributed by atoms with van der Waals surface area (Å²) in [6.45, 7) is 18.7. The fourth-order valence-corrected chi connectivity index (χ4v) is 2.23. The van der Waals surface area contributed by atoms with E-state index in [1.54, 1.807) is 40.0 Å². The molecule has 0 aliphatic heterocycles. The van der Waals surface area contributed by atoms with Crippen molar-refractivity contribution in [2.24, 2.45) is 0 Å². The quantitative estimate of drug-likeness (QED) is 0.370. The van der Waals surface area contributed by atoms with Crippen LogP contribution in [0.15, 0.2) is 23.3 Å². The minimum atomic E-state index is -0.739. The number of ether oxygens (including phenoxy) is 3. The molecule has 176 valence electrons. The Kier molecular flexibility index (Phi) is 8.99. The van der Waals surface area contributed by atoms with Crippen LogP contribution in [0.5, 0.6) is 0 Å². The third kappa shape index (κ3) is 8.41. The zero-order valence-electron chi connectivity index (χ0n) is 20.0. The molecule has 0 bridgehead atoms. The maximum atomic E-state index is 12.3. The number of rotatable bonds is 5. The van der Waals surface area contributed by atoms with Gasteiger partial charge in [0.25, 0.3) is 6.47 Å². The van der Waals surface area contributed by atoms with Crippen LogP contribution in [0.2, 0.25) is 0 Å². The van der Waals surface area contributed by atoms with Gasteiger partial charge in [-0.3, -0.25) is 15.1 Å². The molecule has 0 saturated heterocycles. The minimum absolute atomic E-state index is 0.0518. The molecule has 0 unspecified atom stereocenters. The molecule has 9 nitrogen and oxygen atoms in total. The van der Waals surface area contributed by atoms with E-state index in [9.17, 15) is 14.4 Å². The van der Waals surface area contributed by atoms with Gasteiger partial charge in [-0.25, -0.2) is 9.59 Å². The van der Waals surface area contributed by atoms with Crippen molar-refractivity contribution in [2.45, 2.75) is 66.6 Å². The molecule has 0 radical (unpaired) electrons. The molecule has 0 saturated carbocycles. The Bertz CT molecular complexity index is 979. The first-order valence-electron chi connectivity index (χ1n) is 10.1. The lowest BCUT2D eigenvalue weighted by molar-refractivity contribution is -0.138. The molecule has 1 N–H and O–H groups in total. The average Bonchev–Trinajstić information content (AvgIpc) is 2.96. The Morgan fingerprint density at radius 2 is 1.81 bits per heavy atom. The smallest absolute Gasteiger partial charge is 0.414 e. The second-order valence-electron chi connectivity index (χ2n) is 8.83. The molecule has 0 fully saturated rings. The second kappa shape index (κ2) is 10.8. The van der Waals surface area contributed by atoms with E-state index < -0.39 is 17.7 Å². The maximum Gasteiger partial charge on any atom is 0.414 e. The summed E-state index contributed by atoms with van der Waals surface area (Å²) in [7, 11) is 0. The number of nitrogens with one attached hydrogen (secondary N) is 1. The third-order valence-electron chi connectivity index (χ3n) is 3.52. The maximum absolute atomic E-state index is 12.3. The normalized spacial score (nSPS) is 11.1. The van der Waals surface area contributed by atoms with Crippen LogP contribution in [0, 0.1) is 0 Å². The van der Waals surface area contributed by atoms with Gasteiger partial charge in [-0.15, -0.1) is 0 Å². The van der Waals surface area contributed by atoms with Gasteiger partial charge in [-0.05, 0) is 72.6 Å². The Morgan fingerprint density at radius 3 is 2.25 bits per heavy atom. The van der Waals surface area contributed by atoms with E-state index >= 15 is 0 Å². The fraction of sp³-hybridized carbons (Fsp3) is 0.478. The van der Waals surface area contributed by atoms with Gasteiger partial charge in [0.05, 0.1) is 6.61 Å². The number of aromatic nitrogens is 1. The molecule has 1 amide bonds. The first kappa shape index (κ1) is 26.7. The highest BCUT2D eigenvalue weighted by molar-refractivity contribution is 6.08. The van der Waals surface area contributed by atoms with Gasteiger partial charge < -0.3 is 18.6 Å². The van der Waals surface area contributed by atoms with Crippen LogP contribution >= 0.6 is 0 Å². The van der Waals surface area contributed by atoms with E-state index in [1.807, 2.05) is 27.7 Å². The number of esters is 1. The molecule has 2 aromatic rings. The Morgan fingerprint density at radius 1 is 1.19 bits per heavy atom. The first-order chi connectivity index (χ1) is 14.7. The second-order valence-corrected chi connectivity index (χ2v) is 8.83. The van der Waals surface area contributed by atoms with Gasteiger partial charge in [-0.2, -0.15) is 0 Å². The molecule has 0 spiro atoms. The standard InChI is InChI=1S/C18H22N2O5.C5H10O2/c1-7-23-16(21)13-14-12(8-11(9-19-14)10(2)3)24-15(13)20-17(22)25-18(4,5)6;1-5(2,3)7-4-6/h8-9H,2,7H2,1,3-6H3,(H,20,22);4H,1-3H3. The molecule has 2 rings (SSSR count). The number of hydrogen-bond acceptors (Lipinski definition) is 8. The number of nitrogens with zero attached hydrogens (tertiary/aromatic N) is 1. The van der Waals surface area contributed by atoms with Crippen LogP contribution in [-0.4, -0.2) is 41.3 Å². The van der Waals surface area contributed by atoms with Crippen molar-refractivity contribution in [3.05, 3.63) is 30.0 Å². The fourth-order valence-electron chi connectivity index (χ4n) is 2.23. The zero-order chi connectivity index (χ0) is 24.7. The minimum Gasteiger partial charge on any atom is -0.462 e. The molecule has 0 aliphatic carbocycles. The van der Waals surface area contributed by atoms with Gasteiger partial charge in [0.2, 0.25) is 5.88 Å². The summed E-state index contributed by atoms with van der Waals surface area (Å²) in [5.41, 5.74) is 1.25. The third-order valence-corrected chi connectivity index (χ3v) is 3.52. The van der Waals surface area contributed by atoms with E-state index in [0.717, 1.165) is 11.1 Å². The van der Waals surface area contributed by atoms with Crippen molar-refractivity contribution in [1.29, 1.82) is 0 Å². The lowest BCUT2D eigenvalue weighted by Gasteiger charge is -2.19. The zero-order valence-corrected chi connectivity index (χ0v) is 20.0. The van der Waals surface area contributed by atoms with Crippen molar-refractivity contribution in [3.63, 3.8) is 0 Å². The number of hydrogen-bond donors (Lipinski definition) is 1. The van der Waals surface area contributed by atoms with Crippen LogP contribution in [0.4, 0.5) is 10.7 Å². The van der Waals surface area contributed by atoms with Crippen LogP contribution in [0.3, 0.4) is 0 Å². The molecule has 9 heteroatoms. The molecule has 0 atom stereocenters. The summed E-state index contributed by atoms with van der Waals surface area (Å²) >= 11 is 0. The summed E-state index contributed by atoms with van der Waals surface area (Å²) in [6, 6.07) is 1.70. The molecule has 2 heterocycles. The molecule has 0 aromatic carbocycles. The summed E-state index contributed by atoms with van der Waals surface area (Å²) < 4.78 is 20.4. The Hall–Kier alpha value is -3.36. The van der Waals surface area contributed by atoms with Crippen molar-refractivity contribution in [2.75, 3.05) is 11.9 Å². The van der Waals surface area contributed by atoms with Crippen LogP contribution < -0.4 is 5.32 Å². The summed E-state index contributed by atoms with van der Waals surface area (Å²) in [4.78, 5) is 38.2. The van der Waals surface area contributed by atoms with E-state index in [2.05, 4.69) is 21.6 Å². The van der Waals surface area contributed by atoms with E-state index in [1.165, 1.54) is 0 Å². The van der Waals surface area contributed by atoms with Crippen molar-refractivity contribution in [3.8, 4) is 0 Å². The summed E-state index contributed by atoms with van der Waals surface area (Å²) in [6.07, 6.45) is 0.845. The SMILES string of the molecule is C=C(C)c1cnc2c(C(=O)OCC)c(NC(=O)OC(C)(C)C)oc2c1.CC(C)(C)OC=O. The number of fused-ring (bicyclic) bond motifs is 1. The number of anilines is 1. The topological polar surface area (TPSA) is 117 Å². The predicted octanol–water partition coefficient (Wildman–Crippen LogP) is 5.34. The number of allylic oxidation sites excluding steroid dienone is 1. The van der Waals surface area contributed by atoms with Gasteiger partial charge in [-0.1, -0.05) is 6.58 Å². The molecule has 2 aromatic heterocycles.